The second-order valence-corrected chi connectivity index (χ2v) is 7.51. The van der Waals surface area contributed by atoms with Crippen molar-refractivity contribution in [3.8, 4) is 11.4 Å². The molecule has 0 aliphatic heterocycles. The van der Waals surface area contributed by atoms with E-state index in [0.29, 0.717) is 16.7 Å². The third-order valence-electron chi connectivity index (χ3n) is 3.39. The van der Waals surface area contributed by atoms with Gasteiger partial charge in [0.15, 0.2) is 11.0 Å². The summed E-state index contributed by atoms with van der Waals surface area (Å²) in [5, 5.41) is 15.7. The predicted molar refractivity (Wildman–Crippen MR) is 107 cm³/mol. The van der Waals surface area contributed by atoms with E-state index < -0.39 is 0 Å². The van der Waals surface area contributed by atoms with Crippen molar-refractivity contribution in [1.29, 1.82) is 0 Å². The number of hydrogen-bond donors (Lipinski definition) is 1. The van der Waals surface area contributed by atoms with Crippen LogP contribution in [0.4, 0.5) is 0 Å². The van der Waals surface area contributed by atoms with Crippen LogP contribution in [-0.4, -0.2) is 32.6 Å². The van der Waals surface area contributed by atoms with E-state index in [9.17, 15) is 4.79 Å². The molecule has 0 atom stereocenters. The number of amides is 1. The molecule has 1 aromatic carbocycles. The fourth-order valence-electron chi connectivity index (χ4n) is 2.19. The SMILES string of the molecule is CCn1c(SCC(=O)N/N=C/c2cccs2)nnc1-c1ccc(Cl)cc1. The smallest absolute Gasteiger partial charge is 0.250 e. The van der Waals surface area contributed by atoms with Crippen LogP contribution in [0.25, 0.3) is 11.4 Å². The molecule has 6 nitrogen and oxygen atoms in total. The Morgan fingerprint density at radius 2 is 2.15 bits per heavy atom. The lowest BCUT2D eigenvalue weighted by Gasteiger charge is -2.07. The van der Waals surface area contributed by atoms with Crippen molar-refractivity contribution in [2.75, 3.05) is 5.75 Å². The van der Waals surface area contributed by atoms with Gasteiger partial charge in [0.05, 0.1) is 12.0 Å². The molecule has 26 heavy (non-hydrogen) atoms. The first kappa shape index (κ1) is 18.6. The van der Waals surface area contributed by atoms with Crippen molar-refractivity contribution < 1.29 is 4.79 Å². The Labute approximate surface area is 164 Å². The third kappa shape index (κ3) is 4.72. The van der Waals surface area contributed by atoms with Crippen molar-refractivity contribution in [3.63, 3.8) is 0 Å². The van der Waals surface area contributed by atoms with Gasteiger partial charge in [-0.3, -0.25) is 4.79 Å². The number of nitrogens with zero attached hydrogens (tertiary/aromatic N) is 4. The molecule has 1 N–H and O–H groups in total. The Morgan fingerprint density at radius 3 is 2.85 bits per heavy atom. The highest BCUT2D eigenvalue weighted by Gasteiger charge is 2.14. The lowest BCUT2D eigenvalue weighted by atomic mass is 10.2. The monoisotopic (exact) mass is 405 g/mol. The molecular formula is C17H16ClN5OS2. The van der Waals surface area contributed by atoms with Crippen LogP contribution in [0.15, 0.2) is 52.0 Å². The molecule has 134 valence electrons. The maximum absolute atomic E-state index is 11.9. The number of rotatable bonds is 7. The first-order chi connectivity index (χ1) is 12.7. The van der Waals surface area contributed by atoms with Crippen LogP contribution in [0.5, 0.6) is 0 Å². The van der Waals surface area contributed by atoms with Crippen LogP contribution in [0.1, 0.15) is 11.8 Å². The number of nitrogens with one attached hydrogen (secondary N) is 1. The molecule has 0 aliphatic carbocycles. The summed E-state index contributed by atoms with van der Waals surface area (Å²) >= 11 is 8.82. The number of benzene rings is 1. The largest absolute Gasteiger partial charge is 0.302 e. The lowest BCUT2D eigenvalue weighted by molar-refractivity contribution is -0.118. The number of aromatic nitrogens is 3. The second kappa shape index (κ2) is 8.98. The molecule has 0 unspecified atom stereocenters. The van der Waals surface area contributed by atoms with E-state index in [-0.39, 0.29) is 11.7 Å². The van der Waals surface area contributed by atoms with Gasteiger partial charge in [0.2, 0.25) is 0 Å². The minimum atomic E-state index is -0.193. The van der Waals surface area contributed by atoms with Crippen molar-refractivity contribution in [1.82, 2.24) is 20.2 Å². The van der Waals surface area contributed by atoms with E-state index in [0.717, 1.165) is 16.3 Å². The maximum Gasteiger partial charge on any atom is 0.250 e. The van der Waals surface area contributed by atoms with Gasteiger partial charge >= 0.3 is 0 Å². The molecular weight excluding hydrogens is 390 g/mol. The Bertz CT molecular complexity index is 891. The molecule has 1 amide bonds. The number of thiophene rings is 1. The Kier molecular flexibility index (Phi) is 6.43. The van der Waals surface area contributed by atoms with Gasteiger partial charge in [-0.2, -0.15) is 5.10 Å². The van der Waals surface area contributed by atoms with Gasteiger partial charge in [0, 0.05) is 22.0 Å². The van der Waals surface area contributed by atoms with Crippen LogP contribution in [0.2, 0.25) is 5.02 Å². The van der Waals surface area contributed by atoms with Crippen LogP contribution in [0, 0.1) is 0 Å². The third-order valence-corrected chi connectivity index (χ3v) is 5.42. The number of thioether (sulfide) groups is 1. The van der Waals surface area contributed by atoms with E-state index in [4.69, 9.17) is 11.6 Å². The molecule has 0 saturated carbocycles. The van der Waals surface area contributed by atoms with Gasteiger partial charge in [-0.1, -0.05) is 29.4 Å². The summed E-state index contributed by atoms with van der Waals surface area (Å²) in [6.07, 6.45) is 1.63. The summed E-state index contributed by atoms with van der Waals surface area (Å²) in [7, 11) is 0. The molecule has 3 aromatic rings. The summed E-state index contributed by atoms with van der Waals surface area (Å²) in [4.78, 5) is 12.9. The molecule has 0 spiro atoms. The quantitative estimate of drug-likeness (QED) is 0.367. The number of carbonyl (C=O) groups is 1. The van der Waals surface area contributed by atoms with Gasteiger partial charge in [0.25, 0.3) is 5.91 Å². The standard InChI is InChI=1S/C17H16ClN5OS2/c1-2-23-16(12-5-7-13(18)8-6-12)21-22-17(23)26-11-15(24)20-19-10-14-4-3-9-25-14/h3-10H,2,11H2,1H3,(H,20,24)/b19-10+. The van der Waals surface area contributed by atoms with Gasteiger partial charge in [-0.25, -0.2) is 5.43 Å². The number of carbonyl (C=O) groups excluding carboxylic acids is 1. The van der Waals surface area contributed by atoms with Crippen LogP contribution in [-0.2, 0) is 11.3 Å². The van der Waals surface area contributed by atoms with Crippen molar-refractivity contribution in [2.24, 2.45) is 5.10 Å². The Balaban J connectivity index is 1.61. The highest BCUT2D eigenvalue weighted by molar-refractivity contribution is 7.99. The minimum absolute atomic E-state index is 0.193. The van der Waals surface area contributed by atoms with Gasteiger partial charge in [-0.15, -0.1) is 21.5 Å². The van der Waals surface area contributed by atoms with E-state index in [2.05, 4.69) is 20.7 Å². The zero-order chi connectivity index (χ0) is 18.4. The Morgan fingerprint density at radius 1 is 1.35 bits per heavy atom. The molecule has 0 bridgehead atoms. The highest BCUT2D eigenvalue weighted by Crippen LogP contribution is 2.24. The fraction of sp³-hybridized carbons (Fsp3) is 0.176. The molecule has 0 aliphatic rings. The average Bonchev–Trinajstić information content (AvgIpc) is 3.30. The minimum Gasteiger partial charge on any atom is -0.302 e. The fourth-order valence-corrected chi connectivity index (χ4v) is 3.69. The zero-order valence-electron chi connectivity index (χ0n) is 13.9. The van der Waals surface area contributed by atoms with Crippen LogP contribution >= 0.6 is 34.7 Å². The van der Waals surface area contributed by atoms with E-state index in [1.807, 2.05) is 53.3 Å². The molecule has 2 heterocycles. The number of hydrogen-bond acceptors (Lipinski definition) is 6. The molecule has 9 heteroatoms. The lowest BCUT2D eigenvalue weighted by Crippen LogP contribution is -2.19. The first-order valence-corrected chi connectivity index (χ1v) is 10.1. The topological polar surface area (TPSA) is 72.2 Å². The van der Waals surface area contributed by atoms with Gasteiger partial charge in [0.1, 0.15) is 0 Å². The van der Waals surface area contributed by atoms with Gasteiger partial charge in [-0.05, 0) is 42.6 Å². The number of halogens is 1. The summed E-state index contributed by atoms with van der Waals surface area (Å²) in [5.41, 5.74) is 3.45. The summed E-state index contributed by atoms with van der Waals surface area (Å²) in [6, 6.07) is 11.3. The molecule has 0 fully saturated rings. The predicted octanol–water partition coefficient (Wildman–Crippen LogP) is 3.92. The van der Waals surface area contributed by atoms with Crippen molar-refractivity contribution in [2.45, 2.75) is 18.6 Å². The van der Waals surface area contributed by atoms with E-state index in [1.165, 1.54) is 11.8 Å². The summed E-state index contributed by atoms with van der Waals surface area (Å²) < 4.78 is 1.97. The van der Waals surface area contributed by atoms with E-state index in [1.54, 1.807) is 17.6 Å². The van der Waals surface area contributed by atoms with Gasteiger partial charge < -0.3 is 4.57 Å². The molecule has 0 radical (unpaired) electrons. The second-order valence-electron chi connectivity index (χ2n) is 5.15. The highest BCUT2D eigenvalue weighted by atomic mass is 35.5. The molecule has 2 aromatic heterocycles. The van der Waals surface area contributed by atoms with Crippen molar-refractivity contribution in [3.05, 3.63) is 51.7 Å². The van der Waals surface area contributed by atoms with Crippen molar-refractivity contribution >= 4 is 46.8 Å². The average molecular weight is 406 g/mol. The normalized spacial score (nSPS) is 11.2. The molecule has 0 saturated heterocycles. The Hall–Kier alpha value is -2.16. The number of hydrazone groups is 1. The van der Waals surface area contributed by atoms with Crippen LogP contribution in [0.3, 0.4) is 0 Å². The molecule has 3 rings (SSSR count). The summed E-state index contributed by atoms with van der Waals surface area (Å²) in [5.74, 6) is 0.768. The maximum atomic E-state index is 11.9. The van der Waals surface area contributed by atoms with Crippen LogP contribution < -0.4 is 5.43 Å². The zero-order valence-corrected chi connectivity index (χ0v) is 16.3. The first-order valence-electron chi connectivity index (χ1n) is 7.84. The summed E-state index contributed by atoms with van der Waals surface area (Å²) in [6.45, 7) is 2.71. The van der Waals surface area contributed by atoms with E-state index >= 15 is 0 Å².